The number of hydrogen-bond acceptors (Lipinski definition) is 4. The molecule has 0 fully saturated rings. The quantitative estimate of drug-likeness (QED) is 0.790. The summed E-state index contributed by atoms with van der Waals surface area (Å²) in [5, 5.41) is 2.75. The lowest BCUT2D eigenvalue weighted by Crippen LogP contribution is -2.20. The van der Waals surface area contributed by atoms with Crippen molar-refractivity contribution in [2.45, 2.75) is 6.54 Å². The Morgan fingerprint density at radius 2 is 1.96 bits per heavy atom. The second-order valence-corrected chi connectivity index (χ2v) is 6.66. The van der Waals surface area contributed by atoms with Gasteiger partial charge in [0.05, 0.1) is 6.26 Å². The minimum atomic E-state index is -3.29. The molecule has 120 valence electrons. The molecule has 2 rings (SSSR count). The summed E-state index contributed by atoms with van der Waals surface area (Å²) >= 11 is 0. The molecule has 0 saturated heterocycles. The van der Waals surface area contributed by atoms with E-state index < -0.39 is 10.0 Å². The number of aromatic nitrogens is 1. The zero-order valence-corrected chi connectivity index (χ0v) is 13.4. The van der Waals surface area contributed by atoms with E-state index in [4.69, 9.17) is 0 Å². The van der Waals surface area contributed by atoms with Crippen LogP contribution in [0.15, 0.2) is 54.9 Å². The predicted molar refractivity (Wildman–Crippen MR) is 90.0 cm³/mol. The van der Waals surface area contributed by atoms with Crippen molar-refractivity contribution in [3.05, 3.63) is 66.0 Å². The molecule has 0 aliphatic heterocycles. The molecule has 23 heavy (non-hydrogen) atoms. The van der Waals surface area contributed by atoms with Gasteiger partial charge in [0.25, 0.3) is 0 Å². The zero-order valence-electron chi connectivity index (χ0n) is 12.6. The lowest BCUT2D eigenvalue weighted by Gasteiger charge is -2.04. The topological polar surface area (TPSA) is 88.2 Å². The Balaban J connectivity index is 1.88. The summed E-state index contributed by atoms with van der Waals surface area (Å²) in [6.07, 6.45) is 7.54. The van der Waals surface area contributed by atoms with Gasteiger partial charge in [-0.25, -0.2) is 8.42 Å². The fourth-order valence-corrected chi connectivity index (χ4v) is 2.36. The summed E-state index contributed by atoms with van der Waals surface area (Å²) in [6.45, 7) is 0.411. The molecule has 1 aromatic carbocycles. The number of benzene rings is 1. The number of sulfonamides is 1. The van der Waals surface area contributed by atoms with Crippen molar-refractivity contribution < 1.29 is 13.2 Å². The van der Waals surface area contributed by atoms with E-state index in [0.717, 1.165) is 17.4 Å². The molecule has 0 bridgehead atoms. The summed E-state index contributed by atoms with van der Waals surface area (Å²) < 4.78 is 24.6. The number of nitrogens with one attached hydrogen (secondary N) is 2. The van der Waals surface area contributed by atoms with Crippen LogP contribution in [0.3, 0.4) is 0 Å². The van der Waals surface area contributed by atoms with Crippen LogP contribution in [0.2, 0.25) is 0 Å². The predicted octanol–water partition coefficient (Wildman–Crippen LogP) is 1.78. The average molecular weight is 331 g/mol. The molecule has 0 aliphatic carbocycles. The smallest absolute Gasteiger partial charge is 0.244 e. The summed E-state index contributed by atoms with van der Waals surface area (Å²) in [6, 6.07) is 10.4. The highest BCUT2D eigenvalue weighted by atomic mass is 32.2. The Morgan fingerprint density at radius 1 is 1.22 bits per heavy atom. The van der Waals surface area contributed by atoms with Gasteiger partial charge in [-0.3, -0.25) is 14.5 Å². The van der Waals surface area contributed by atoms with E-state index in [1.54, 1.807) is 42.7 Å². The van der Waals surface area contributed by atoms with Gasteiger partial charge in [0.2, 0.25) is 15.9 Å². The van der Waals surface area contributed by atoms with Crippen LogP contribution in [0.4, 0.5) is 5.69 Å². The van der Waals surface area contributed by atoms with E-state index in [1.807, 2.05) is 12.1 Å². The molecule has 2 N–H and O–H groups in total. The van der Waals surface area contributed by atoms with Gasteiger partial charge in [-0.05, 0) is 35.4 Å². The number of pyridine rings is 1. The Labute approximate surface area is 135 Å². The molecule has 0 aliphatic rings. The van der Waals surface area contributed by atoms with Crippen molar-refractivity contribution in [3.63, 3.8) is 0 Å². The number of carbonyl (C=O) groups excluding carboxylic acids is 1. The van der Waals surface area contributed by atoms with Crippen LogP contribution < -0.4 is 10.0 Å². The molecular formula is C16H17N3O3S. The fourth-order valence-electron chi connectivity index (χ4n) is 1.80. The first-order valence-corrected chi connectivity index (χ1v) is 8.74. The molecule has 1 amide bonds. The summed E-state index contributed by atoms with van der Waals surface area (Å²) in [4.78, 5) is 15.7. The maximum absolute atomic E-state index is 11.7. The molecule has 2 aromatic rings. The summed E-state index contributed by atoms with van der Waals surface area (Å²) in [5.41, 5.74) is 2.19. The molecule has 0 atom stereocenters. The standard InChI is InChI=1S/C16H17N3O3S/c1-23(21,22)19-15-7-4-13(5-8-15)6-9-16(20)18-12-14-3-2-10-17-11-14/h2-11,19H,12H2,1H3,(H,18,20)/b9-6+. The van der Waals surface area contributed by atoms with Crippen LogP contribution in [-0.4, -0.2) is 25.6 Å². The highest BCUT2D eigenvalue weighted by Gasteiger charge is 2.01. The van der Waals surface area contributed by atoms with Gasteiger partial charge in [-0.15, -0.1) is 0 Å². The Kier molecular flexibility index (Phi) is 5.48. The first-order chi connectivity index (χ1) is 10.9. The van der Waals surface area contributed by atoms with Gasteiger partial charge >= 0.3 is 0 Å². The SMILES string of the molecule is CS(=O)(=O)Nc1ccc(/C=C/C(=O)NCc2cccnc2)cc1. The molecule has 0 unspecified atom stereocenters. The number of anilines is 1. The Bertz CT molecular complexity index is 785. The van der Waals surface area contributed by atoms with E-state index in [-0.39, 0.29) is 5.91 Å². The van der Waals surface area contributed by atoms with Crippen LogP contribution in [0.25, 0.3) is 6.08 Å². The third kappa shape index (κ3) is 6.31. The van der Waals surface area contributed by atoms with Crippen molar-refractivity contribution in [1.82, 2.24) is 10.3 Å². The largest absolute Gasteiger partial charge is 0.348 e. The van der Waals surface area contributed by atoms with E-state index in [1.165, 1.54) is 6.08 Å². The normalized spacial score (nSPS) is 11.3. The maximum Gasteiger partial charge on any atom is 0.244 e. The lowest BCUT2D eigenvalue weighted by atomic mass is 10.2. The maximum atomic E-state index is 11.7. The third-order valence-corrected chi connectivity index (χ3v) is 3.44. The third-order valence-electron chi connectivity index (χ3n) is 2.83. The highest BCUT2D eigenvalue weighted by molar-refractivity contribution is 7.92. The second-order valence-electron chi connectivity index (χ2n) is 4.91. The molecule has 0 radical (unpaired) electrons. The summed E-state index contributed by atoms with van der Waals surface area (Å²) in [5.74, 6) is -0.216. The number of rotatable bonds is 6. The van der Waals surface area contributed by atoms with Gasteiger partial charge in [0, 0.05) is 30.7 Å². The number of hydrogen-bond donors (Lipinski definition) is 2. The molecule has 0 saturated carbocycles. The van der Waals surface area contributed by atoms with Crippen LogP contribution in [0, 0.1) is 0 Å². The van der Waals surface area contributed by atoms with Crippen LogP contribution in [0.1, 0.15) is 11.1 Å². The molecule has 1 aromatic heterocycles. The minimum absolute atomic E-state index is 0.216. The first kappa shape index (κ1) is 16.7. The molecule has 7 heteroatoms. The van der Waals surface area contributed by atoms with Crippen molar-refractivity contribution >= 4 is 27.7 Å². The zero-order chi connectivity index (χ0) is 16.7. The molecule has 0 spiro atoms. The number of amides is 1. The van der Waals surface area contributed by atoms with Gasteiger partial charge in [0.1, 0.15) is 0 Å². The number of carbonyl (C=O) groups is 1. The van der Waals surface area contributed by atoms with E-state index in [0.29, 0.717) is 12.2 Å². The Morgan fingerprint density at radius 3 is 2.57 bits per heavy atom. The van der Waals surface area contributed by atoms with E-state index in [2.05, 4.69) is 15.0 Å². The van der Waals surface area contributed by atoms with Crippen LogP contribution in [0.5, 0.6) is 0 Å². The second kappa shape index (κ2) is 7.55. The van der Waals surface area contributed by atoms with E-state index >= 15 is 0 Å². The summed E-state index contributed by atoms with van der Waals surface area (Å²) in [7, 11) is -3.29. The van der Waals surface area contributed by atoms with Crippen molar-refractivity contribution in [2.75, 3.05) is 11.0 Å². The first-order valence-electron chi connectivity index (χ1n) is 6.85. The monoisotopic (exact) mass is 331 g/mol. The van der Waals surface area contributed by atoms with E-state index in [9.17, 15) is 13.2 Å². The molecular weight excluding hydrogens is 314 g/mol. The number of nitrogens with zero attached hydrogens (tertiary/aromatic N) is 1. The Hall–Kier alpha value is -2.67. The van der Waals surface area contributed by atoms with Crippen LogP contribution >= 0.6 is 0 Å². The van der Waals surface area contributed by atoms with Gasteiger partial charge in [0.15, 0.2) is 0 Å². The lowest BCUT2D eigenvalue weighted by molar-refractivity contribution is -0.116. The minimum Gasteiger partial charge on any atom is -0.348 e. The van der Waals surface area contributed by atoms with Gasteiger partial charge in [-0.1, -0.05) is 18.2 Å². The van der Waals surface area contributed by atoms with Crippen molar-refractivity contribution in [1.29, 1.82) is 0 Å². The fraction of sp³-hybridized carbons (Fsp3) is 0.125. The molecule has 1 heterocycles. The van der Waals surface area contributed by atoms with Gasteiger partial charge < -0.3 is 5.32 Å². The van der Waals surface area contributed by atoms with Crippen molar-refractivity contribution in [2.24, 2.45) is 0 Å². The molecule has 6 nitrogen and oxygen atoms in total. The van der Waals surface area contributed by atoms with Crippen molar-refractivity contribution in [3.8, 4) is 0 Å². The van der Waals surface area contributed by atoms with Crippen LogP contribution in [-0.2, 0) is 21.4 Å². The highest BCUT2D eigenvalue weighted by Crippen LogP contribution is 2.11. The van der Waals surface area contributed by atoms with Gasteiger partial charge in [-0.2, -0.15) is 0 Å². The average Bonchev–Trinajstić information content (AvgIpc) is 2.52.